The Kier molecular flexibility index (Phi) is 4.76. The van der Waals surface area contributed by atoms with Crippen molar-refractivity contribution in [3.05, 3.63) is 0 Å². The number of nitrogens with zero attached hydrogens (tertiary/aromatic N) is 1. The maximum Gasteiger partial charge on any atom is 0.116 e. The summed E-state index contributed by atoms with van der Waals surface area (Å²) in [5.41, 5.74) is 5.36. The molecule has 0 spiro atoms. The Balaban J connectivity index is 2.02. The van der Waals surface area contributed by atoms with E-state index in [9.17, 15) is 0 Å². The molecule has 0 aromatic rings. The largest absolute Gasteiger partial charge is 0.376 e. The average molecular weight is 184 g/mol. The predicted octanol–water partition coefficient (Wildman–Crippen LogP) is 0.423. The van der Waals surface area contributed by atoms with Crippen molar-refractivity contribution in [1.29, 1.82) is 5.26 Å². The smallest absolute Gasteiger partial charge is 0.116 e. The second-order valence-electron chi connectivity index (χ2n) is 3.26. The van der Waals surface area contributed by atoms with E-state index in [1.54, 1.807) is 0 Å². The van der Waals surface area contributed by atoms with Gasteiger partial charge < -0.3 is 15.2 Å². The van der Waals surface area contributed by atoms with Crippen molar-refractivity contribution in [3.8, 4) is 6.07 Å². The van der Waals surface area contributed by atoms with Gasteiger partial charge in [-0.3, -0.25) is 0 Å². The summed E-state index contributed by atoms with van der Waals surface area (Å²) in [7, 11) is 0. The highest BCUT2D eigenvalue weighted by Crippen LogP contribution is 2.12. The fourth-order valence-electron chi connectivity index (χ4n) is 1.30. The van der Waals surface area contributed by atoms with E-state index in [0.717, 1.165) is 19.4 Å². The molecule has 0 aromatic heterocycles. The van der Waals surface area contributed by atoms with Gasteiger partial charge in [-0.1, -0.05) is 0 Å². The first-order valence-electron chi connectivity index (χ1n) is 4.67. The van der Waals surface area contributed by atoms with E-state index in [1.807, 2.05) is 6.07 Å². The van der Waals surface area contributed by atoms with Crippen molar-refractivity contribution >= 4 is 0 Å². The number of ether oxygens (including phenoxy) is 2. The molecule has 0 bridgehead atoms. The lowest BCUT2D eigenvalue weighted by molar-refractivity contribution is -0.0410. The Morgan fingerprint density at radius 1 is 1.62 bits per heavy atom. The van der Waals surface area contributed by atoms with Gasteiger partial charge in [-0.15, -0.1) is 0 Å². The fourth-order valence-corrected chi connectivity index (χ4v) is 1.30. The number of nitriles is 1. The van der Waals surface area contributed by atoms with E-state index in [0.29, 0.717) is 13.2 Å². The summed E-state index contributed by atoms with van der Waals surface area (Å²) in [5.74, 6) is 0. The molecule has 0 saturated carbocycles. The second-order valence-corrected chi connectivity index (χ2v) is 3.26. The van der Waals surface area contributed by atoms with Crippen LogP contribution in [0.2, 0.25) is 0 Å². The first-order chi connectivity index (χ1) is 6.33. The Hall–Kier alpha value is -0.630. The molecule has 2 unspecified atom stereocenters. The Morgan fingerprint density at radius 2 is 2.46 bits per heavy atom. The SMILES string of the molecule is N#CC(N)COCC1CCCCO1. The van der Waals surface area contributed by atoms with Crippen LogP contribution < -0.4 is 5.73 Å². The molecule has 1 rings (SSSR count). The zero-order chi connectivity index (χ0) is 9.52. The van der Waals surface area contributed by atoms with Crippen molar-refractivity contribution in [1.82, 2.24) is 0 Å². The van der Waals surface area contributed by atoms with Gasteiger partial charge in [0.2, 0.25) is 0 Å². The van der Waals surface area contributed by atoms with Gasteiger partial charge in [0.15, 0.2) is 0 Å². The minimum Gasteiger partial charge on any atom is -0.376 e. The fraction of sp³-hybridized carbons (Fsp3) is 0.889. The van der Waals surface area contributed by atoms with Crippen LogP contribution in [0, 0.1) is 11.3 Å². The van der Waals surface area contributed by atoms with Crippen LogP contribution in [0.4, 0.5) is 0 Å². The molecule has 74 valence electrons. The van der Waals surface area contributed by atoms with Crippen molar-refractivity contribution in [2.24, 2.45) is 5.73 Å². The van der Waals surface area contributed by atoms with Crippen molar-refractivity contribution in [3.63, 3.8) is 0 Å². The van der Waals surface area contributed by atoms with Gasteiger partial charge >= 0.3 is 0 Å². The summed E-state index contributed by atoms with van der Waals surface area (Å²) >= 11 is 0. The molecule has 4 nitrogen and oxygen atoms in total. The predicted molar refractivity (Wildman–Crippen MR) is 48.0 cm³/mol. The third-order valence-corrected chi connectivity index (χ3v) is 2.04. The summed E-state index contributed by atoms with van der Waals surface area (Å²) in [5, 5.41) is 8.39. The minimum absolute atomic E-state index is 0.208. The lowest BCUT2D eigenvalue weighted by Gasteiger charge is -2.22. The molecule has 13 heavy (non-hydrogen) atoms. The summed E-state index contributed by atoms with van der Waals surface area (Å²) in [6.07, 6.45) is 3.62. The third-order valence-electron chi connectivity index (χ3n) is 2.04. The zero-order valence-corrected chi connectivity index (χ0v) is 7.74. The normalized spacial score (nSPS) is 25.1. The van der Waals surface area contributed by atoms with Crippen LogP contribution in [0.1, 0.15) is 19.3 Å². The highest BCUT2D eigenvalue weighted by molar-refractivity contribution is 4.85. The Bertz CT molecular complexity index is 173. The molecule has 1 saturated heterocycles. The molecule has 4 heteroatoms. The van der Waals surface area contributed by atoms with E-state index in [1.165, 1.54) is 6.42 Å². The highest BCUT2D eigenvalue weighted by atomic mass is 16.5. The molecule has 1 heterocycles. The van der Waals surface area contributed by atoms with Crippen LogP contribution in [0.25, 0.3) is 0 Å². The first-order valence-corrected chi connectivity index (χ1v) is 4.67. The van der Waals surface area contributed by atoms with Gasteiger partial charge in [0.25, 0.3) is 0 Å². The minimum atomic E-state index is -0.511. The summed E-state index contributed by atoms with van der Waals surface area (Å²) < 4.78 is 10.7. The van der Waals surface area contributed by atoms with Gasteiger partial charge in [0.1, 0.15) is 6.04 Å². The molecule has 1 fully saturated rings. The van der Waals surface area contributed by atoms with E-state index >= 15 is 0 Å². The van der Waals surface area contributed by atoms with Crippen molar-refractivity contribution in [2.75, 3.05) is 19.8 Å². The van der Waals surface area contributed by atoms with Crippen LogP contribution in [-0.2, 0) is 9.47 Å². The van der Waals surface area contributed by atoms with Gasteiger partial charge in [-0.2, -0.15) is 5.26 Å². The summed E-state index contributed by atoms with van der Waals surface area (Å²) in [4.78, 5) is 0. The number of hydrogen-bond acceptors (Lipinski definition) is 4. The quantitative estimate of drug-likeness (QED) is 0.687. The average Bonchev–Trinajstić information content (AvgIpc) is 2.19. The van der Waals surface area contributed by atoms with Crippen LogP contribution in [0.5, 0.6) is 0 Å². The van der Waals surface area contributed by atoms with Gasteiger partial charge in [-0.25, -0.2) is 0 Å². The highest BCUT2D eigenvalue weighted by Gasteiger charge is 2.13. The topological polar surface area (TPSA) is 68.3 Å². The molecular weight excluding hydrogens is 168 g/mol. The van der Waals surface area contributed by atoms with Crippen LogP contribution in [-0.4, -0.2) is 32.0 Å². The van der Waals surface area contributed by atoms with Gasteiger partial charge in [0, 0.05) is 6.61 Å². The van der Waals surface area contributed by atoms with E-state index < -0.39 is 6.04 Å². The van der Waals surface area contributed by atoms with Crippen LogP contribution >= 0.6 is 0 Å². The maximum absolute atomic E-state index is 8.39. The molecule has 1 aliphatic rings. The molecule has 0 aromatic carbocycles. The molecule has 0 radical (unpaired) electrons. The molecule has 2 atom stereocenters. The molecular formula is C9H16N2O2. The van der Waals surface area contributed by atoms with Gasteiger partial charge in [0.05, 0.1) is 25.4 Å². The van der Waals surface area contributed by atoms with Crippen LogP contribution in [0.15, 0.2) is 0 Å². The van der Waals surface area contributed by atoms with Crippen molar-refractivity contribution in [2.45, 2.75) is 31.4 Å². The van der Waals surface area contributed by atoms with E-state index in [4.69, 9.17) is 20.5 Å². The molecule has 2 N–H and O–H groups in total. The molecule has 0 amide bonds. The maximum atomic E-state index is 8.39. The number of rotatable bonds is 4. The van der Waals surface area contributed by atoms with E-state index in [-0.39, 0.29) is 6.10 Å². The summed E-state index contributed by atoms with van der Waals surface area (Å²) in [6.45, 7) is 1.70. The zero-order valence-electron chi connectivity index (χ0n) is 7.74. The molecule has 0 aliphatic carbocycles. The van der Waals surface area contributed by atoms with Gasteiger partial charge in [-0.05, 0) is 19.3 Å². The third kappa shape index (κ3) is 4.23. The number of nitrogens with two attached hydrogens (primary N) is 1. The number of hydrogen-bond donors (Lipinski definition) is 1. The lowest BCUT2D eigenvalue weighted by Crippen LogP contribution is -2.29. The molecule has 1 aliphatic heterocycles. The first kappa shape index (κ1) is 10.5. The van der Waals surface area contributed by atoms with E-state index in [2.05, 4.69) is 0 Å². The van der Waals surface area contributed by atoms with Crippen LogP contribution in [0.3, 0.4) is 0 Å². The monoisotopic (exact) mass is 184 g/mol. The lowest BCUT2D eigenvalue weighted by atomic mass is 10.1. The second kappa shape index (κ2) is 5.92. The Labute approximate surface area is 78.6 Å². The Morgan fingerprint density at radius 3 is 3.08 bits per heavy atom. The van der Waals surface area contributed by atoms with Crippen molar-refractivity contribution < 1.29 is 9.47 Å². The summed E-state index contributed by atoms with van der Waals surface area (Å²) in [6, 6.07) is 1.40. The standard InChI is InChI=1S/C9H16N2O2/c10-5-8(11)6-12-7-9-3-1-2-4-13-9/h8-9H,1-4,6-7,11H2.